The molecule has 1 heterocycles. The van der Waals surface area contributed by atoms with Crippen molar-refractivity contribution in [3.05, 3.63) is 77.9 Å². The van der Waals surface area contributed by atoms with Gasteiger partial charge in [0.2, 0.25) is 15.9 Å². The molecule has 0 aliphatic rings. The third-order valence-corrected chi connectivity index (χ3v) is 8.08. The molecule has 1 atom stereocenters. The van der Waals surface area contributed by atoms with Gasteiger partial charge in [0.1, 0.15) is 11.0 Å². The molecule has 0 bridgehead atoms. The number of unbranched alkanes of at least 4 members (excludes halogenated alkanes) is 1. The number of carbonyl (C=O) groups excluding carboxylic acids is 1. The molecule has 0 saturated carbocycles. The molecule has 3 aromatic carbocycles. The van der Waals surface area contributed by atoms with Crippen molar-refractivity contribution >= 4 is 44.4 Å². The van der Waals surface area contributed by atoms with Crippen LogP contribution < -0.4 is 15.2 Å². The second-order valence-corrected chi connectivity index (χ2v) is 11.3. The Hall–Kier alpha value is -3.34. The number of ether oxygens (including phenoxy) is 1. The molecule has 1 amide bonds. The minimum absolute atomic E-state index is 0.000543. The third kappa shape index (κ3) is 6.15. The summed E-state index contributed by atoms with van der Waals surface area (Å²) in [6, 6.07) is 19.8. The van der Waals surface area contributed by atoms with E-state index in [9.17, 15) is 13.2 Å². The first-order valence-electron chi connectivity index (χ1n) is 11.9. The number of hydrogen-bond acceptors (Lipinski definition) is 6. The van der Waals surface area contributed by atoms with Gasteiger partial charge in [0.15, 0.2) is 5.16 Å². The van der Waals surface area contributed by atoms with Crippen LogP contribution in [0, 0.1) is 6.92 Å². The highest BCUT2D eigenvalue weighted by atomic mass is 32.2. The van der Waals surface area contributed by atoms with Gasteiger partial charge in [0, 0.05) is 6.54 Å². The normalized spacial score (nSPS) is 12.4. The number of rotatable bonds is 10. The summed E-state index contributed by atoms with van der Waals surface area (Å²) in [7, 11) is -2.31. The van der Waals surface area contributed by atoms with Gasteiger partial charge in [-0.1, -0.05) is 61.5 Å². The Kier molecular flexibility index (Phi) is 8.21. The molecule has 10 heteroatoms. The largest absolute Gasteiger partial charge is 0.495 e. The minimum atomic E-state index is -3.87. The first-order valence-corrected chi connectivity index (χ1v) is 14.3. The maximum absolute atomic E-state index is 13.7. The van der Waals surface area contributed by atoms with Crippen LogP contribution in [0.5, 0.6) is 5.75 Å². The fourth-order valence-corrected chi connectivity index (χ4v) is 5.68. The number of anilines is 1. The lowest BCUT2D eigenvalue weighted by molar-refractivity contribution is -0.115. The van der Waals surface area contributed by atoms with Crippen LogP contribution in [0.25, 0.3) is 11.0 Å². The molecule has 37 heavy (non-hydrogen) atoms. The molecule has 4 rings (SSSR count). The zero-order valence-corrected chi connectivity index (χ0v) is 22.6. The van der Waals surface area contributed by atoms with Gasteiger partial charge in [0.25, 0.3) is 0 Å². The number of aryl methyl sites for hydroxylation is 2. The molecule has 0 radical (unpaired) electrons. The molecule has 194 valence electrons. The summed E-state index contributed by atoms with van der Waals surface area (Å²) >= 11 is 1.32. The van der Waals surface area contributed by atoms with E-state index in [-0.39, 0.29) is 10.8 Å². The van der Waals surface area contributed by atoms with Crippen LogP contribution in [0.3, 0.4) is 0 Å². The van der Waals surface area contributed by atoms with Crippen LogP contribution in [-0.4, -0.2) is 31.0 Å². The predicted molar refractivity (Wildman–Crippen MR) is 147 cm³/mol. The summed E-state index contributed by atoms with van der Waals surface area (Å²) in [5.41, 5.74) is 3.70. The number of imidazole rings is 1. The van der Waals surface area contributed by atoms with Gasteiger partial charge in [-0.15, -0.1) is 0 Å². The van der Waals surface area contributed by atoms with Gasteiger partial charge in [0.05, 0.1) is 28.7 Å². The fourth-order valence-electron chi connectivity index (χ4n) is 4.01. The van der Waals surface area contributed by atoms with Crippen LogP contribution >= 0.6 is 11.8 Å². The van der Waals surface area contributed by atoms with Gasteiger partial charge in [-0.2, -0.15) is 0 Å². The molecule has 0 unspecified atom stereocenters. The van der Waals surface area contributed by atoms with E-state index in [0.717, 1.165) is 29.5 Å². The first-order chi connectivity index (χ1) is 17.7. The number of hydrogen-bond donors (Lipinski definition) is 2. The molecular formula is C27H30N4O4S2. The number of thioether (sulfide) groups is 1. The highest BCUT2D eigenvalue weighted by molar-refractivity contribution is 8.00. The Morgan fingerprint density at radius 3 is 2.57 bits per heavy atom. The van der Waals surface area contributed by atoms with E-state index in [2.05, 4.69) is 12.2 Å². The quantitative estimate of drug-likeness (QED) is 0.266. The lowest BCUT2D eigenvalue weighted by atomic mass is 10.1. The monoisotopic (exact) mass is 538 g/mol. The van der Waals surface area contributed by atoms with E-state index in [1.807, 2.05) is 60.0 Å². The summed E-state index contributed by atoms with van der Waals surface area (Å²) in [5.74, 6) is 0.348. The number of nitrogens with two attached hydrogens (primary N) is 1. The number of nitrogens with zero attached hydrogens (tertiary/aromatic N) is 2. The molecule has 4 aromatic rings. The molecule has 0 aliphatic heterocycles. The lowest BCUT2D eigenvalue weighted by Crippen LogP contribution is -2.20. The Balaban J connectivity index is 1.76. The van der Waals surface area contributed by atoms with E-state index >= 15 is 0 Å². The highest BCUT2D eigenvalue weighted by Crippen LogP contribution is 2.38. The molecule has 8 nitrogen and oxygen atoms in total. The van der Waals surface area contributed by atoms with Crippen molar-refractivity contribution in [1.82, 2.24) is 9.55 Å². The smallest absolute Gasteiger partial charge is 0.242 e. The number of amides is 1. The number of carbonyl (C=O) groups is 1. The third-order valence-electron chi connectivity index (χ3n) is 5.93. The standard InChI is InChI=1S/C27H30N4O4S2/c1-4-5-15-31-23-13-12-20(37(28,33)34)17-21(23)30-27(31)36-25(19-9-7-6-8-10-19)26(32)29-22-16-18(2)11-14-24(22)35-3/h6-14,16-17,25H,4-5,15H2,1-3H3,(H,29,32)(H2,28,33,34)/t25-/m0/s1. The average Bonchev–Trinajstić information content (AvgIpc) is 3.22. The average molecular weight is 539 g/mol. The molecule has 0 saturated heterocycles. The molecule has 0 aliphatic carbocycles. The Labute approximate surface area is 221 Å². The fraction of sp³-hybridized carbons (Fsp3) is 0.259. The van der Waals surface area contributed by atoms with Crippen LogP contribution in [0.4, 0.5) is 5.69 Å². The number of nitrogens with one attached hydrogen (secondary N) is 1. The van der Waals surface area contributed by atoms with Crippen LogP contribution in [0.15, 0.2) is 76.8 Å². The number of primary sulfonamides is 1. The first kappa shape index (κ1) is 26.7. The Morgan fingerprint density at radius 2 is 1.89 bits per heavy atom. The summed E-state index contributed by atoms with van der Waals surface area (Å²) in [6.07, 6.45) is 1.87. The summed E-state index contributed by atoms with van der Waals surface area (Å²) in [5, 5.41) is 8.37. The number of benzene rings is 3. The maximum Gasteiger partial charge on any atom is 0.242 e. The summed E-state index contributed by atoms with van der Waals surface area (Å²) in [6.45, 7) is 4.73. The van der Waals surface area contributed by atoms with Crippen molar-refractivity contribution in [3.63, 3.8) is 0 Å². The van der Waals surface area contributed by atoms with Crippen molar-refractivity contribution in [2.45, 2.75) is 48.5 Å². The minimum Gasteiger partial charge on any atom is -0.495 e. The van der Waals surface area contributed by atoms with Crippen LogP contribution in [0.2, 0.25) is 0 Å². The second-order valence-electron chi connectivity index (χ2n) is 8.70. The zero-order chi connectivity index (χ0) is 26.6. The summed E-state index contributed by atoms with van der Waals surface area (Å²) in [4.78, 5) is 18.4. The topological polar surface area (TPSA) is 116 Å². The van der Waals surface area contributed by atoms with Crippen molar-refractivity contribution in [2.24, 2.45) is 5.14 Å². The molecule has 0 spiro atoms. The van der Waals surface area contributed by atoms with Crippen molar-refractivity contribution in [2.75, 3.05) is 12.4 Å². The molecule has 0 fully saturated rings. The lowest BCUT2D eigenvalue weighted by Gasteiger charge is -2.19. The molecule has 3 N–H and O–H groups in total. The van der Waals surface area contributed by atoms with Gasteiger partial charge in [-0.25, -0.2) is 18.5 Å². The Bertz CT molecular complexity index is 1520. The number of aromatic nitrogens is 2. The van der Waals surface area contributed by atoms with Crippen molar-refractivity contribution in [3.8, 4) is 5.75 Å². The van der Waals surface area contributed by atoms with Gasteiger partial charge in [-0.05, 0) is 54.8 Å². The highest BCUT2D eigenvalue weighted by Gasteiger charge is 2.26. The zero-order valence-electron chi connectivity index (χ0n) is 21.0. The Morgan fingerprint density at radius 1 is 1.14 bits per heavy atom. The van der Waals surface area contributed by atoms with E-state index < -0.39 is 15.3 Å². The molecule has 1 aromatic heterocycles. The predicted octanol–water partition coefficient (Wildman–Crippen LogP) is 5.27. The van der Waals surface area contributed by atoms with Gasteiger partial charge >= 0.3 is 0 Å². The van der Waals surface area contributed by atoms with E-state index in [4.69, 9.17) is 14.9 Å². The number of methoxy groups -OCH3 is 1. The van der Waals surface area contributed by atoms with E-state index in [1.54, 1.807) is 13.2 Å². The number of fused-ring (bicyclic) bond motifs is 1. The van der Waals surface area contributed by atoms with E-state index in [1.165, 1.54) is 23.9 Å². The van der Waals surface area contributed by atoms with Crippen LogP contribution in [0.1, 0.15) is 36.1 Å². The second kappa shape index (κ2) is 11.4. The van der Waals surface area contributed by atoms with Gasteiger partial charge < -0.3 is 14.6 Å². The summed E-state index contributed by atoms with van der Waals surface area (Å²) < 4.78 is 31.3. The van der Waals surface area contributed by atoms with Gasteiger partial charge in [-0.3, -0.25) is 4.79 Å². The van der Waals surface area contributed by atoms with Crippen molar-refractivity contribution in [1.29, 1.82) is 0 Å². The number of sulfonamides is 1. The SMILES string of the molecule is CCCCn1c(S[C@H](C(=O)Nc2cc(C)ccc2OC)c2ccccc2)nc2cc(S(N)(=O)=O)ccc21. The van der Waals surface area contributed by atoms with E-state index in [0.29, 0.717) is 28.7 Å². The molecular weight excluding hydrogens is 508 g/mol. The van der Waals surface area contributed by atoms with Crippen molar-refractivity contribution < 1.29 is 17.9 Å². The van der Waals surface area contributed by atoms with Crippen LogP contribution in [-0.2, 0) is 21.4 Å². The maximum atomic E-state index is 13.7.